The largest absolute Gasteiger partial charge is 0.329 e. The predicted octanol–water partition coefficient (Wildman–Crippen LogP) is 1.41. The van der Waals surface area contributed by atoms with Crippen molar-refractivity contribution in [3.63, 3.8) is 0 Å². The van der Waals surface area contributed by atoms with Crippen LogP contribution in [-0.4, -0.2) is 48.7 Å². The number of nitrogens with two attached hydrogens (primary N) is 1. The van der Waals surface area contributed by atoms with Gasteiger partial charge >= 0.3 is 0 Å². The van der Waals surface area contributed by atoms with Crippen LogP contribution in [-0.2, 0) is 10.2 Å². The first-order chi connectivity index (χ1) is 8.23. The molecule has 0 saturated heterocycles. The molecule has 0 aliphatic rings. The average molecular weight is 279 g/mol. The number of likely N-dealkylation sites (N-methyl/N-ethyl adjacent to an activating group) is 1. The number of hydrogen-bond acceptors (Lipinski definition) is 3. The molecular formula is C12H29N3O2S. The Morgan fingerprint density at radius 2 is 1.61 bits per heavy atom. The third-order valence-electron chi connectivity index (χ3n) is 3.88. The Hall–Kier alpha value is -0.170. The minimum Gasteiger partial charge on any atom is -0.329 e. The topological polar surface area (TPSA) is 66.6 Å². The SMILES string of the molecule is CCN(C(CC)(CC)CN)S(=O)(=O)N(C)C(C)C. The Kier molecular flexibility index (Phi) is 6.78. The lowest BCUT2D eigenvalue weighted by molar-refractivity contribution is 0.170. The van der Waals surface area contributed by atoms with Gasteiger partial charge in [0, 0.05) is 31.7 Å². The van der Waals surface area contributed by atoms with Crippen molar-refractivity contribution in [2.75, 3.05) is 20.1 Å². The van der Waals surface area contributed by atoms with E-state index in [0.717, 1.165) is 12.8 Å². The highest BCUT2D eigenvalue weighted by atomic mass is 32.2. The maximum Gasteiger partial charge on any atom is 0.282 e. The first kappa shape index (κ1) is 17.8. The molecule has 5 nitrogen and oxygen atoms in total. The van der Waals surface area contributed by atoms with Gasteiger partial charge in [-0.25, -0.2) is 0 Å². The second-order valence-electron chi connectivity index (χ2n) is 4.92. The Labute approximate surface area is 113 Å². The van der Waals surface area contributed by atoms with E-state index in [2.05, 4.69) is 0 Å². The van der Waals surface area contributed by atoms with Crippen molar-refractivity contribution in [2.24, 2.45) is 5.73 Å². The van der Waals surface area contributed by atoms with E-state index in [4.69, 9.17) is 5.73 Å². The molecule has 110 valence electrons. The van der Waals surface area contributed by atoms with Crippen molar-refractivity contribution in [3.05, 3.63) is 0 Å². The minimum absolute atomic E-state index is 0.0618. The molecule has 0 fully saturated rings. The van der Waals surface area contributed by atoms with Crippen molar-refractivity contribution < 1.29 is 8.42 Å². The maximum atomic E-state index is 12.6. The van der Waals surface area contributed by atoms with Crippen molar-refractivity contribution in [1.29, 1.82) is 0 Å². The van der Waals surface area contributed by atoms with Gasteiger partial charge in [0.25, 0.3) is 10.2 Å². The van der Waals surface area contributed by atoms with E-state index in [1.54, 1.807) is 11.4 Å². The van der Waals surface area contributed by atoms with Crippen LogP contribution < -0.4 is 5.73 Å². The molecule has 0 radical (unpaired) electrons. The van der Waals surface area contributed by atoms with Crippen molar-refractivity contribution >= 4 is 10.2 Å². The Balaban J connectivity index is 5.56. The summed E-state index contributed by atoms with van der Waals surface area (Å²) in [6.45, 7) is 10.4. The lowest BCUT2D eigenvalue weighted by Crippen LogP contribution is -2.59. The fourth-order valence-corrected chi connectivity index (χ4v) is 4.15. The van der Waals surface area contributed by atoms with Gasteiger partial charge in [-0.15, -0.1) is 0 Å². The summed E-state index contributed by atoms with van der Waals surface area (Å²) in [5.74, 6) is 0. The Morgan fingerprint density at radius 1 is 1.17 bits per heavy atom. The molecule has 0 aliphatic carbocycles. The monoisotopic (exact) mass is 279 g/mol. The summed E-state index contributed by atoms with van der Waals surface area (Å²) in [4.78, 5) is 0. The Bertz CT molecular complexity index is 329. The molecule has 0 aliphatic heterocycles. The van der Waals surface area contributed by atoms with Crippen LogP contribution in [0.25, 0.3) is 0 Å². The highest BCUT2D eigenvalue weighted by molar-refractivity contribution is 7.86. The maximum absolute atomic E-state index is 12.6. The van der Waals surface area contributed by atoms with Crippen LogP contribution in [0.15, 0.2) is 0 Å². The number of rotatable bonds is 8. The van der Waals surface area contributed by atoms with E-state index < -0.39 is 15.7 Å². The standard InChI is InChI=1S/C12H29N3O2S/c1-7-12(8-2,10-13)15(9-3)18(16,17)14(6)11(4)5/h11H,7-10,13H2,1-6H3. The van der Waals surface area contributed by atoms with Gasteiger partial charge in [0.1, 0.15) is 0 Å². The molecule has 0 atom stereocenters. The highest BCUT2D eigenvalue weighted by Crippen LogP contribution is 2.27. The molecule has 6 heteroatoms. The summed E-state index contributed by atoms with van der Waals surface area (Å²) in [5.41, 5.74) is 5.38. The van der Waals surface area contributed by atoms with Gasteiger partial charge in [-0.05, 0) is 26.7 Å². The molecule has 0 bridgehead atoms. The molecule has 2 N–H and O–H groups in total. The molecule has 0 heterocycles. The Morgan fingerprint density at radius 3 is 1.83 bits per heavy atom. The lowest BCUT2D eigenvalue weighted by Gasteiger charge is -2.43. The van der Waals surface area contributed by atoms with Crippen LogP contribution in [0.3, 0.4) is 0 Å². The van der Waals surface area contributed by atoms with Gasteiger partial charge < -0.3 is 5.73 Å². The zero-order valence-electron chi connectivity index (χ0n) is 12.6. The van der Waals surface area contributed by atoms with Gasteiger partial charge in [-0.1, -0.05) is 20.8 Å². The molecule has 0 amide bonds. The van der Waals surface area contributed by atoms with E-state index in [1.165, 1.54) is 4.31 Å². The molecule has 0 saturated carbocycles. The molecular weight excluding hydrogens is 250 g/mol. The van der Waals surface area contributed by atoms with Gasteiger partial charge in [0.15, 0.2) is 0 Å². The van der Waals surface area contributed by atoms with Crippen LogP contribution in [0.4, 0.5) is 0 Å². The predicted molar refractivity (Wildman–Crippen MR) is 76.6 cm³/mol. The second-order valence-corrected chi connectivity index (χ2v) is 6.83. The molecule has 0 aromatic heterocycles. The number of nitrogens with zero attached hydrogens (tertiary/aromatic N) is 2. The summed E-state index contributed by atoms with van der Waals surface area (Å²) in [6.07, 6.45) is 1.44. The van der Waals surface area contributed by atoms with Crippen molar-refractivity contribution in [1.82, 2.24) is 8.61 Å². The molecule has 0 aromatic carbocycles. The van der Waals surface area contributed by atoms with E-state index in [9.17, 15) is 8.42 Å². The third kappa shape index (κ3) is 3.23. The second kappa shape index (κ2) is 6.84. The van der Waals surface area contributed by atoms with Gasteiger partial charge in [-0.2, -0.15) is 17.0 Å². The fraction of sp³-hybridized carbons (Fsp3) is 1.00. The van der Waals surface area contributed by atoms with E-state index in [1.807, 2.05) is 34.6 Å². The van der Waals surface area contributed by atoms with Gasteiger partial charge in [-0.3, -0.25) is 0 Å². The van der Waals surface area contributed by atoms with Crippen LogP contribution in [0, 0.1) is 0 Å². The summed E-state index contributed by atoms with van der Waals surface area (Å²) in [6, 6.07) is -0.0618. The molecule has 0 unspecified atom stereocenters. The summed E-state index contributed by atoms with van der Waals surface area (Å²) in [7, 11) is -1.84. The highest BCUT2D eigenvalue weighted by Gasteiger charge is 2.41. The summed E-state index contributed by atoms with van der Waals surface area (Å²) in [5, 5.41) is 0. The first-order valence-corrected chi connectivity index (χ1v) is 8.09. The van der Waals surface area contributed by atoms with Crippen LogP contribution in [0.2, 0.25) is 0 Å². The van der Waals surface area contributed by atoms with Crippen molar-refractivity contribution in [3.8, 4) is 0 Å². The van der Waals surface area contributed by atoms with Crippen LogP contribution in [0.1, 0.15) is 47.5 Å². The third-order valence-corrected chi connectivity index (χ3v) is 6.23. The zero-order valence-corrected chi connectivity index (χ0v) is 13.4. The van der Waals surface area contributed by atoms with Gasteiger partial charge in [0.2, 0.25) is 0 Å². The van der Waals surface area contributed by atoms with E-state index >= 15 is 0 Å². The summed E-state index contributed by atoms with van der Waals surface area (Å²) >= 11 is 0. The van der Waals surface area contributed by atoms with Gasteiger partial charge in [0.05, 0.1) is 0 Å². The lowest BCUT2D eigenvalue weighted by atomic mass is 9.93. The molecule has 0 rings (SSSR count). The van der Waals surface area contributed by atoms with Crippen LogP contribution in [0.5, 0.6) is 0 Å². The van der Waals surface area contributed by atoms with Crippen LogP contribution >= 0.6 is 0 Å². The van der Waals surface area contributed by atoms with E-state index in [0.29, 0.717) is 13.1 Å². The fourth-order valence-electron chi connectivity index (χ4n) is 2.16. The van der Waals surface area contributed by atoms with Crippen molar-refractivity contribution in [2.45, 2.75) is 59.0 Å². The smallest absolute Gasteiger partial charge is 0.282 e. The molecule has 18 heavy (non-hydrogen) atoms. The number of hydrogen-bond donors (Lipinski definition) is 1. The quantitative estimate of drug-likeness (QED) is 0.730. The normalized spacial score (nSPS) is 13.9. The van der Waals surface area contributed by atoms with E-state index in [-0.39, 0.29) is 6.04 Å². The summed E-state index contributed by atoms with van der Waals surface area (Å²) < 4.78 is 28.2. The first-order valence-electron chi connectivity index (χ1n) is 6.69. The molecule has 0 aromatic rings. The average Bonchev–Trinajstić information content (AvgIpc) is 2.34. The molecule has 0 spiro atoms. The minimum atomic E-state index is -3.46. The zero-order chi connectivity index (χ0) is 14.6.